The highest BCUT2D eigenvalue weighted by Gasteiger charge is 2.50. The van der Waals surface area contributed by atoms with Crippen LogP contribution in [0.5, 0.6) is 11.5 Å². The van der Waals surface area contributed by atoms with Crippen LogP contribution in [0.1, 0.15) is 0 Å². The third-order valence-corrected chi connectivity index (χ3v) is 4.49. The molecule has 3 rings (SSSR count). The number of amides is 3. The third-order valence-electron chi connectivity index (χ3n) is 4.40. The SMILES string of the molecule is COc1ccc(NC(=O)C2C(=O)N(c3ccc(OC)cc3)C(=O)C2=NNC(N)=S)cc1. The lowest BCUT2D eigenvalue weighted by Crippen LogP contribution is -2.35. The number of nitrogens with two attached hydrogens (primary N) is 1. The van der Waals surface area contributed by atoms with Crippen molar-refractivity contribution in [2.24, 2.45) is 16.8 Å². The molecule has 3 amide bonds. The lowest BCUT2D eigenvalue weighted by atomic mass is 10.0. The Labute approximate surface area is 183 Å². The number of benzene rings is 2. The van der Waals surface area contributed by atoms with Gasteiger partial charge in [0.25, 0.3) is 11.8 Å². The molecular weight excluding hydrogens is 422 g/mol. The second-order valence-corrected chi connectivity index (χ2v) is 6.74. The van der Waals surface area contributed by atoms with Crippen molar-refractivity contribution in [3.63, 3.8) is 0 Å². The van der Waals surface area contributed by atoms with Gasteiger partial charge >= 0.3 is 0 Å². The highest BCUT2D eigenvalue weighted by atomic mass is 32.1. The van der Waals surface area contributed by atoms with Gasteiger partial charge in [0.1, 0.15) is 17.2 Å². The largest absolute Gasteiger partial charge is 0.497 e. The molecule has 0 spiro atoms. The molecular formula is C20H19N5O5S. The van der Waals surface area contributed by atoms with E-state index in [1.807, 2.05) is 0 Å². The van der Waals surface area contributed by atoms with Crippen molar-refractivity contribution >= 4 is 52.1 Å². The van der Waals surface area contributed by atoms with E-state index in [4.69, 9.17) is 27.4 Å². The molecule has 0 saturated carbocycles. The number of ether oxygens (including phenoxy) is 2. The Bertz CT molecular complexity index is 1050. The van der Waals surface area contributed by atoms with Gasteiger partial charge in [-0.05, 0) is 60.7 Å². The van der Waals surface area contributed by atoms with E-state index in [0.29, 0.717) is 17.2 Å². The van der Waals surface area contributed by atoms with E-state index in [1.165, 1.54) is 26.4 Å². The first-order valence-electron chi connectivity index (χ1n) is 8.96. The van der Waals surface area contributed by atoms with E-state index >= 15 is 0 Å². The van der Waals surface area contributed by atoms with Gasteiger partial charge < -0.3 is 20.5 Å². The normalized spacial score (nSPS) is 16.9. The average Bonchev–Trinajstić information content (AvgIpc) is 3.02. The van der Waals surface area contributed by atoms with Gasteiger partial charge in [0.2, 0.25) is 5.91 Å². The number of nitrogens with one attached hydrogen (secondary N) is 2. The lowest BCUT2D eigenvalue weighted by molar-refractivity contribution is -0.127. The molecule has 31 heavy (non-hydrogen) atoms. The molecule has 10 nitrogen and oxygen atoms in total. The molecule has 1 atom stereocenters. The smallest absolute Gasteiger partial charge is 0.282 e. The van der Waals surface area contributed by atoms with Crippen molar-refractivity contribution in [1.29, 1.82) is 0 Å². The average molecular weight is 441 g/mol. The van der Waals surface area contributed by atoms with Crippen molar-refractivity contribution in [3.8, 4) is 11.5 Å². The van der Waals surface area contributed by atoms with Gasteiger partial charge in [-0.25, -0.2) is 4.90 Å². The first kappa shape index (κ1) is 21.7. The summed E-state index contributed by atoms with van der Waals surface area (Å²) in [5.74, 6) is -2.63. The number of rotatable bonds is 6. The van der Waals surface area contributed by atoms with Crippen LogP contribution < -0.4 is 30.8 Å². The first-order valence-corrected chi connectivity index (χ1v) is 9.36. The van der Waals surface area contributed by atoms with E-state index in [0.717, 1.165) is 4.90 Å². The minimum absolute atomic E-state index is 0.218. The fourth-order valence-corrected chi connectivity index (χ4v) is 2.96. The minimum atomic E-state index is -1.50. The van der Waals surface area contributed by atoms with Crippen LogP contribution in [0, 0.1) is 5.92 Å². The first-order chi connectivity index (χ1) is 14.8. The molecule has 160 valence electrons. The van der Waals surface area contributed by atoms with Crippen LogP contribution in [0.15, 0.2) is 53.6 Å². The van der Waals surface area contributed by atoms with Crippen LogP contribution >= 0.6 is 12.2 Å². The summed E-state index contributed by atoms with van der Waals surface area (Å²) in [6, 6.07) is 12.7. The van der Waals surface area contributed by atoms with Crippen LogP contribution in [-0.2, 0) is 14.4 Å². The minimum Gasteiger partial charge on any atom is -0.497 e. The van der Waals surface area contributed by atoms with E-state index < -0.39 is 23.6 Å². The predicted octanol–water partition coefficient (Wildman–Crippen LogP) is 1.02. The van der Waals surface area contributed by atoms with E-state index in [1.54, 1.807) is 36.4 Å². The molecule has 1 unspecified atom stereocenters. The Morgan fingerprint density at radius 3 is 2.10 bits per heavy atom. The standard InChI is InChI=1S/C20H19N5O5S/c1-29-13-7-3-11(4-8-13)22-17(26)15-16(23-24-20(21)31)19(28)25(18(15)27)12-5-9-14(30-2)10-6-12/h3-10,15H,1-2H3,(H,22,26)(H3,21,24,31). The van der Waals surface area contributed by atoms with Crippen molar-refractivity contribution in [2.75, 3.05) is 24.4 Å². The van der Waals surface area contributed by atoms with Gasteiger partial charge in [0.15, 0.2) is 11.0 Å². The van der Waals surface area contributed by atoms with Gasteiger partial charge in [-0.1, -0.05) is 0 Å². The van der Waals surface area contributed by atoms with Crippen LogP contribution in [0.4, 0.5) is 11.4 Å². The number of carbonyl (C=O) groups excluding carboxylic acids is 3. The Kier molecular flexibility index (Phi) is 6.46. The molecule has 11 heteroatoms. The number of hydrogen-bond donors (Lipinski definition) is 3. The van der Waals surface area contributed by atoms with Crippen LogP contribution in [0.2, 0.25) is 0 Å². The van der Waals surface area contributed by atoms with Crippen molar-refractivity contribution < 1.29 is 23.9 Å². The number of hydrogen-bond acceptors (Lipinski definition) is 7. The summed E-state index contributed by atoms with van der Waals surface area (Å²) in [6.07, 6.45) is 0. The van der Waals surface area contributed by atoms with Crippen molar-refractivity contribution in [1.82, 2.24) is 5.43 Å². The molecule has 1 aliphatic rings. The second kappa shape index (κ2) is 9.22. The zero-order chi connectivity index (χ0) is 22.5. The maximum Gasteiger partial charge on any atom is 0.282 e. The highest BCUT2D eigenvalue weighted by Crippen LogP contribution is 2.28. The number of hydrazone groups is 1. The Morgan fingerprint density at radius 1 is 1.03 bits per heavy atom. The number of thiocarbonyl (C=S) groups is 1. The molecule has 0 radical (unpaired) electrons. The summed E-state index contributed by atoms with van der Waals surface area (Å²) >= 11 is 4.71. The molecule has 1 fully saturated rings. The summed E-state index contributed by atoms with van der Waals surface area (Å²) in [5.41, 5.74) is 7.99. The number of nitrogens with zero attached hydrogens (tertiary/aromatic N) is 2. The number of imide groups is 1. The highest BCUT2D eigenvalue weighted by molar-refractivity contribution is 7.80. The summed E-state index contributed by atoms with van der Waals surface area (Å²) in [6.45, 7) is 0. The monoisotopic (exact) mass is 441 g/mol. The Balaban J connectivity index is 1.93. The molecule has 0 bridgehead atoms. The summed E-state index contributed by atoms with van der Waals surface area (Å²) in [5, 5.41) is 6.21. The van der Waals surface area contributed by atoms with Gasteiger partial charge in [-0.3, -0.25) is 19.8 Å². The van der Waals surface area contributed by atoms with Crippen LogP contribution in [0.3, 0.4) is 0 Å². The fraction of sp³-hybridized carbons (Fsp3) is 0.150. The lowest BCUT2D eigenvalue weighted by Gasteiger charge is -2.14. The molecule has 2 aromatic rings. The predicted molar refractivity (Wildman–Crippen MR) is 118 cm³/mol. The molecule has 1 aliphatic heterocycles. The summed E-state index contributed by atoms with van der Waals surface area (Å²) < 4.78 is 10.2. The quantitative estimate of drug-likeness (QED) is 0.262. The zero-order valence-corrected chi connectivity index (χ0v) is 17.4. The second-order valence-electron chi connectivity index (χ2n) is 6.30. The molecule has 2 aromatic carbocycles. The molecule has 4 N–H and O–H groups in total. The van der Waals surface area contributed by atoms with Gasteiger partial charge in [-0.2, -0.15) is 5.10 Å². The van der Waals surface area contributed by atoms with Crippen LogP contribution in [0.25, 0.3) is 0 Å². The van der Waals surface area contributed by atoms with E-state index in [9.17, 15) is 14.4 Å². The summed E-state index contributed by atoms with van der Waals surface area (Å²) in [4.78, 5) is 39.8. The number of carbonyl (C=O) groups is 3. The van der Waals surface area contributed by atoms with Crippen molar-refractivity contribution in [2.45, 2.75) is 0 Å². The van der Waals surface area contributed by atoms with Gasteiger partial charge in [0.05, 0.1) is 19.9 Å². The topological polar surface area (TPSA) is 135 Å². The number of methoxy groups -OCH3 is 2. The number of anilines is 2. The van der Waals surface area contributed by atoms with E-state index in [-0.39, 0.29) is 16.5 Å². The molecule has 1 heterocycles. The maximum absolute atomic E-state index is 13.1. The Morgan fingerprint density at radius 2 is 1.58 bits per heavy atom. The van der Waals surface area contributed by atoms with Gasteiger partial charge in [-0.15, -0.1) is 0 Å². The molecule has 0 aromatic heterocycles. The van der Waals surface area contributed by atoms with Crippen LogP contribution in [-0.4, -0.2) is 42.8 Å². The summed E-state index contributed by atoms with van der Waals surface area (Å²) in [7, 11) is 3.01. The fourth-order valence-electron chi connectivity index (χ4n) is 2.91. The van der Waals surface area contributed by atoms with Gasteiger partial charge in [0, 0.05) is 5.69 Å². The Hall–Kier alpha value is -3.99. The third kappa shape index (κ3) is 4.61. The van der Waals surface area contributed by atoms with Crippen molar-refractivity contribution in [3.05, 3.63) is 48.5 Å². The molecule has 1 saturated heterocycles. The van der Waals surface area contributed by atoms with E-state index in [2.05, 4.69) is 15.8 Å². The zero-order valence-electron chi connectivity index (χ0n) is 16.6. The molecule has 0 aliphatic carbocycles. The maximum atomic E-state index is 13.1.